The van der Waals surface area contributed by atoms with E-state index in [1.165, 1.54) is 16.3 Å². The average Bonchev–Trinajstić information content (AvgIpc) is 2.60. The van der Waals surface area contributed by atoms with Crippen molar-refractivity contribution in [2.45, 2.75) is 11.8 Å². The van der Waals surface area contributed by atoms with Gasteiger partial charge in [0.25, 0.3) is 5.91 Å². The summed E-state index contributed by atoms with van der Waals surface area (Å²) in [7, 11) is -2.21. The molecule has 0 atom stereocenters. The first-order chi connectivity index (χ1) is 11.8. The molecule has 0 spiro atoms. The zero-order valence-corrected chi connectivity index (χ0v) is 15.1. The zero-order chi connectivity index (χ0) is 18.4. The van der Waals surface area contributed by atoms with Gasteiger partial charge >= 0.3 is 5.97 Å². The van der Waals surface area contributed by atoms with E-state index in [4.69, 9.17) is 4.74 Å². The molecule has 0 aromatic heterocycles. The number of carbonyl (C=O) groups excluding carboxylic acids is 2. The SMILES string of the molecule is COCC(=O)OCC(=O)N1CCN(S(=O)(=O)c2ccc(C)cc2)CC1. The van der Waals surface area contributed by atoms with Gasteiger partial charge in [-0.05, 0) is 19.1 Å². The number of benzene rings is 1. The molecule has 1 amide bonds. The molecular weight excluding hydrogens is 348 g/mol. The maximum absolute atomic E-state index is 12.6. The third kappa shape index (κ3) is 5.00. The Bertz CT molecular complexity index is 709. The number of hydrogen-bond donors (Lipinski definition) is 0. The number of esters is 1. The minimum absolute atomic E-state index is 0.202. The summed E-state index contributed by atoms with van der Waals surface area (Å²) in [6.07, 6.45) is 0. The Hall–Kier alpha value is -1.97. The topological polar surface area (TPSA) is 93.2 Å². The second-order valence-electron chi connectivity index (χ2n) is 5.69. The minimum atomic E-state index is -3.57. The highest BCUT2D eigenvalue weighted by Crippen LogP contribution is 2.18. The molecule has 1 heterocycles. The second-order valence-corrected chi connectivity index (χ2v) is 7.63. The molecule has 2 rings (SSSR count). The summed E-state index contributed by atoms with van der Waals surface area (Å²) in [6, 6.07) is 6.66. The summed E-state index contributed by atoms with van der Waals surface area (Å²) < 4.78 is 36.0. The van der Waals surface area contributed by atoms with Crippen LogP contribution in [0.4, 0.5) is 0 Å². The van der Waals surface area contributed by atoms with Gasteiger partial charge in [-0.15, -0.1) is 0 Å². The lowest BCUT2D eigenvalue weighted by Crippen LogP contribution is -2.51. The lowest BCUT2D eigenvalue weighted by molar-refractivity contribution is -0.155. The summed E-state index contributed by atoms with van der Waals surface area (Å²) in [5.74, 6) is -0.965. The van der Waals surface area contributed by atoms with Gasteiger partial charge in [-0.1, -0.05) is 17.7 Å². The molecule has 0 radical (unpaired) electrons. The van der Waals surface area contributed by atoms with Crippen LogP contribution in [0.15, 0.2) is 29.2 Å². The van der Waals surface area contributed by atoms with Crippen LogP contribution in [0.1, 0.15) is 5.56 Å². The van der Waals surface area contributed by atoms with Crippen molar-refractivity contribution in [3.63, 3.8) is 0 Å². The number of rotatable bonds is 6. The van der Waals surface area contributed by atoms with Gasteiger partial charge < -0.3 is 14.4 Å². The molecule has 1 saturated heterocycles. The Balaban J connectivity index is 1.89. The lowest BCUT2D eigenvalue weighted by Gasteiger charge is -2.33. The normalized spacial score (nSPS) is 15.8. The number of sulfonamides is 1. The molecule has 1 aromatic rings. The molecule has 1 fully saturated rings. The fourth-order valence-corrected chi connectivity index (χ4v) is 3.85. The van der Waals surface area contributed by atoms with E-state index >= 15 is 0 Å². The monoisotopic (exact) mass is 370 g/mol. The quantitative estimate of drug-likeness (QED) is 0.656. The van der Waals surface area contributed by atoms with Crippen molar-refractivity contribution in [3.05, 3.63) is 29.8 Å². The van der Waals surface area contributed by atoms with E-state index < -0.39 is 16.0 Å². The highest BCUT2D eigenvalue weighted by atomic mass is 32.2. The van der Waals surface area contributed by atoms with Crippen molar-refractivity contribution in [1.29, 1.82) is 0 Å². The van der Waals surface area contributed by atoms with Crippen LogP contribution in [0.2, 0.25) is 0 Å². The largest absolute Gasteiger partial charge is 0.454 e. The van der Waals surface area contributed by atoms with Gasteiger partial charge in [0.1, 0.15) is 6.61 Å². The van der Waals surface area contributed by atoms with Crippen molar-refractivity contribution < 1.29 is 27.5 Å². The van der Waals surface area contributed by atoms with Crippen LogP contribution in [0.3, 0.4) is 0 Å². The van der Waals surface area contributed by atoms with Crippen molar-refractivity contribution in [3.8, 4) is 0 Å². The number of hydrogen-bond acceptors (Lipinski definition) is 6. The maximum atomic E-state index is 12.6. The number of methoxy groups -OCH3 is 1. The Labute approximate surface area is 147 Å². The van der Waals surface area contributed by atoms with Crippen molar-refractivity contribution in [2.75, 3.05) is 46.5 Å². The van der Waals surface area contributed by atoms with E-state index in [1.54, 1.807) is 24.3 Å². The molecule has 0 saturated carbocycles. The molecule has 1 aliphatic heterocycles. The molecule has 9 heteroatoms. The van der Waals surface area contributed by atoms with Gasteiger partial charge in [0.15, 0.2) is 6.61 Å². The number of ether oxygens (including phenoxy) is 2. The smallest absolute Gasteiger partial charge is 0.332 e. The Morgan fingerprint density at radius 3 is 2.20 bits per heavy atom. The average molecular weight is 370 g/mol. The fourth-order valence-electron chi connectivity index (χ4n) is 2.43. The Kier molecular flexibility index (Phi) is 6.51. The van der Waals surface area contributed by atoms with Gasteiger partial charge in [-0.3, -0.25) is 4.79 Å². The van der Waals surface area contributed by atoms with Crippen LogP contribution >= 0.6 is 0 Å². The van der Waals surface area contributed by atoms with Crippen molar-refractivity contribution >= 4 is 21.9 Å². The van der Waals surface area contributed by atoms with Crippen molar-refractivity contribution in [1.82, 2.24) is 9.21 Å². The fraction of sp³-hybridized carbons (Fsp3) is 0.500. The first kappa shape index (κ1) is 19.4. The van der Waals surface area contributed by atoms with Crippen LogP contribution in [0, 0.1) is 6.92 Å². The van der Waals surface area contributed by atoms with Gasteiger partial charge in [0, 0.05) is 33.3 Å². The Morgan fingerprint density at radius 2 is 1.64 bits per heavy atom. The molecular formula is C16H22N2O6S. The predicted molar refractivity (Wildman–Crippen MR) is 89.4 cm³/mol. The van der Waals surface area contributed by atoms with Gasteiger partial charge in [-0.25, -0.2) is 13.2 Å². The summed E-state index contributed by atoms with van der Waals surface area (Å²) >= 11 is 0. The highest BCUT2D eigenvalue weighted by molar-refractivity contribution is 7.89. The molecule has 1 aliphatic rings. The zero-order valence-electron chi connectivity index (χ0n) is 14.3. The number of aryl methyl sites for hydroxylation is 1. The highest BCUT2D eigenvalue weighted by Gasteiger charge is 2.30. The van der Waals surface area contributed by atoms with Gasteiger partial charge in [0.2, 0.25) is 10.0 Å². The molecule has 25 heavy (non-hydrogen) atoms. The molecule has 138 valence electrons. The third-order valence-electron chi connectivity index (χ3n) is 3.87. The first-order valence-electron chi connectivity index (χ1n) is 7.83. The van der Waals surface area contributed by atoms with E-state index in [1.807, 2.05) is 6.92 Å². The summed E-state index contributed by atoms with van der Waals surface area (Å²) in [6.45, 7) is 2.22. The maximum Gasteiger partial charge on any atom is 0.332 e. The second kappa shape index (κ2) is 8.41. The predicted octanol–water partition coefficient (Wildman–Crippen LogP) is 0.0175. The molecule has 0 N–H and O–H groups in total. The molecule has 1 aromatic carbocycles. The summed E-state index contributed by atoms with van der Waals surface area (Å²) in [5.41, 5.74) is 0.984. The van der Waals surface area contributed by atoms with Crippen LogP contribution in [-0.2, 0) is 29.1 Å². The van der Waals surface area contributed by atoms with Crippen molar-refractivity contribution in [2.24, 2.45) is 0 Å². The van der Waals surface area contributed by atoms with Gasteiger partial charge in [-0.2, -0.15) is 4.31 Å². The first-order valence-corrected chi connectivity index (χ1v) is 9.28. The number of carbonyl (C=O) groups is 2. The Morgan fingerprint density at radius 1 is 1.04 bits per heavy atom. The van der Waals surface area contributed by atoms with Crippen LogP contribution in [0.25, 0.3) is 0 Å². The number of nitrogens with zero attached hydrogens (tertiary/aromatic N) is 2. The van der Waals surface area contributed by atoms with E-state index in [2.05, 4.69) is 4.74 Å². The summed E-state index contributed by atoms with van der Waals surface area (Å²) in [4.78, 5) is 24.9. The van der Waals surface area contributed by atoms with Crippen LogP contribution in [0.5, 0.6) is 0 Å². The van der Waals surface area contributed by atoms with Crippen LogP contribution < -0.4 is 0 Å². The molecule has 0 aliphatic carbocycles. The van der Waals surface area contributed by atoms with E-state index in [0.717, 1.165) is 5.56 Å². The lowest BCUT2D eigenvalue weighted by atomic mass is 10.2. The molecule has 8 nitrogen and oxygen atoms in total. The number of amides is 1. The minimum Gasteiger partial charge on any atom is -0.454 e. The van der Waals surface area contributed by atoms with Gasteiger partial charge in [0.05, 0.1) is 4.90 Å². The molecule has 0 bridgehead atoms. The van der Waals surface area contributed by atoms with E-state index in [9.17, 15) is 18.0 Å². The van der Waals surface area contributed by atoms with E-state index in [-0.39, 0.29) is 50.2 Å². The standard InChI is InChI=1S/C16H22N2O6S/c1-13-3-5-14(6-4-13)25(21,22)18-9-7-17(8-10-18)15(19)11-24-16(20)12-23-2/h3-6H,7-12H2,1-2H3. The number of piperazine rings is 1. The summed E-state index contributed by atoms with van der Waals surface area (Å²) in [5, 5.41) is 0. The molecule has 0 unspecified atom stereocenters. The van der Waals surface area contributed by atoms with E-state index in [0.29, 0.717) is 0 Å². The van der Waals surface area contributed by atoms with Crippen LogP contribution in [-0.4, -0.2) is 76.0 Å². The third-order valence-corrected chi connectivity index (χ3v) is 5.78.